The molecule has 0 unspecified atom stereocenters. The molecule has 2 N–H and O–H groups in total. The zero-order valence-electron chi connectivity index (χ0n) is 26.0. The number of aryl methyl sites for hydroxylation is 1. The van der Waals surface area contributed by atoms with Crippen LogP contribution in [0.3, 0.4) is 0 Å². The van der Waals surface area contributed by atoms with Crippen molar-refractivity contribution in [2.45, 2.75) is 88.4 Å². The first-order valence-corrected chi connectivity index (χ1v) is 15.9. The minimum Gasteiger partial charge on any atom is -0.380 e. The summed E-state index contributed by atoms with van der Waals surface area (Å²) in [5, 5.41) is 13.7. The van der Waals surface area contributed by atoms with Gasteiger partial charge in [0.2, 0.25) is 11.8 Å². The van der Waals surface area contributed by atoms with Gasteiger partial charge in [-0.2, -0.15) is 23.4 Å². The zero-order chi connectivity index (χ0) is 34.4. The second-order valence-corrected chi connectivity index (χ2v) is 12.8. The number of ether oxygens (including phenoxy) is 1. The molecule has 18 heteroatoms. The van der Waals surface area contributed by atoms with Crippen LogP contribution in [0.5, 0.6) is 0 Å². The van der Waals surface area contributed by atoms with E-state index in [0.29, 0.717) is 6.54 Å². The van der Waals surface area contributed by atoms with Gasteiger partial charge in [0.25, 0.3) is 17.6 Å². The van der Waals surface area contributed by atoms with Gasteiger partial charge in [-0.25, -0.2) is 32.0 Å². The van der Waals surface area contributed by atoms with Crippen LogP contribution in [0.1, 0.15) is 85.0 Å². The molecule has 0 spiro atoms. The van der Waals surface area contributed by atoms with Crippen LogP contribution in [0, 0.1) is 17.8 Å². The van der Waals surface area contributed by atoms with Gasteiger partial charge in [0.1, 0.15) is 5.69 Å². The summed E-state index contributed by atoms with van der Waals surface area (Å²) in [5.74, 6) is -12.6. The van der Waals surface area contributed by atoms with Gasteiger partial charge in [-0.3, -0.25) is 14.3 Å². The van der Waals surface area contributed by atoms with Gasteiger partial charge in [0, 0.05) is 50.9 Å². The van der Waals surface area contributed by atoms with E-state index in [2.05, 4.69) is 30.8 Å². The second kappa shape index (κ2) is 12.9. The molecular formula is C30H35F7N8O3. The minimum atomic E-state index is -4.58. The Morgan fingerprint density at radius 3 is 2.60 bits per heavy atom. The van der Waals surface area contributed by atoms with Gasteiger partial charge in [-0.05, 0) is 38.2 Å². The first-order valence-electron chi connectivity index (χ1n) is 15.9. The number of fused-ring (bicyclic) bond motifs is 1. The predicted octanol–water partition coefficient (Wildman–Crippen LogP) is 4.63. The van der Waals surface area contributed by atoms with Crippen LogP contribution in [-0.2, 0) is 22.5 Å². The first-order chi connectivity index (χ1) is 22.6. The maximum Gasteiger partial charge on any atom is 0.393 e. The van der Waals surface area contributed by atoms with Crippen molar-refractivity contribution in [3.63, 3.8) is 0 Å². The third-order valence-corrected chi connectivity index (χ3v) is 9.59. The molecule has 2 amide bonds. The molecule has 3 aromatic heterocycles. The van der Waals surface area contributed by atoms with E-state index in [0.717, 1.165) is 4.52 Å². The number of aromatic nitrogens is 6. The van der Waals surface area contributed by atoms with Crippen molar-refractivity contribution < 1.29 is 45.1 Å². The lowest BCUT2D eigenvalue weighted by atomic mass is 9.81. The molecule has 1 aliphatic carbocycles. The molecule has 0 radical (unpaired) electrons. The number of nitrogens with zero attached hydrogens (tertiary/aromatic N) is 6. The van der Waals surface area contributed by atoms with Crippen molar-refractivity contribution in [2.24, 2.45) is 17.8 Å². The van der Waals surface area contributed by atoms with Crippen molar-refractivity contribution in [3.05, 3.63) is 41.2 Å². The normalized spacial score (nSPS) is 25.5. The molecule has 1 saturated carbocycles. The van der Waals surface area contributed by atoms with E-state index < -0.39 is 105 Å². The van der Waals surface area contributed by atoms with Crippen molar-refractivity contribution in [1.29, 1.82) is 0 Å². The first kappa shape index (κ1) is 34.0. The molecule has 3 aliphatic rings. The van der Waals surface area contributed by atoms with E-state index in [1.165, 1.54) is 23.1 Å². The molecule has 3 fully saturated rings. The van der Waals surface area contributed by atoms with Gasteiger partial charge in [-0.15, -0.1) is 0 Å². The number of hydrogen-bond acceptors (Lipinski definition) is 7. The van der Waals surface area contributed by atoms with E-state index in [1.807, 2.05) is 0 Å². The van der Waals surface area contributed by atoms with E-state index in [9.17, 15) is 31.5 Å². The molecule has 0 bridgehead atoms. The molecule has 6 rings (SSSR count). The molecule has 2 saturated heterocycles. The number of amides is 2. The topological polar surface area (TPSA) is 128 Å². The van der Waals surface area contributed by atoms with Crippen molar-refractivity contribution in [1.82, 2.24) is 40.0 Å². The second-order valence-electron chi connectivity index (χ2n) is 12.8. The molecule has 3 aromatic rings. The quantitative estimate of drug-likeness (QED) is 0.331. The van der Waals surface area contributed by atoms with Crippen LogP contribution in [-0.4, -0.2) is 79.0 Å². The lowest BCUT2D eigenvalue weighted by Crippen LogP contribution is -2.47. The number of alkyl halides is 7. The number of piperidine rings is 1. The Labute approximate surface area is 270 Å². The van der Waals surface area contributed by atoms with E-state index in [1.54, 1.807) is 6.92 Å². The fraction of sp³-hybridized carbons (Fsp3) is 0.667. The Kier molecular flexibility index (Phi) is 9.14. The van der Waals surface area contributed by atoms with Crippen LogP contribution < -0.4 is 10.6 Å². The predicted molar refractivity (Wildman–Crippen MR) is 153 cm³/mol. The smallest absolute Gasteiger partial charge is 0.380 e. The van der Waals surface area contributed by atoms with Crippen molar-refractivity contribution in [3.8, 4) is 0 Å². The number of hydrogen-bond donors (Lipinski definition) is 2. The lowest BCUT2D eigenvalue weighted by Gasteiger charge is -2.33. The maximum absolute atomic E-state index is 15.3. The minimum absolute atomic E-state index is 0.0546. The van der Waals surface area contributed by atoms with E-state index >= 15 is 8.78 Å². The summed E-state index contributed by atoms with van der Waals surface area (Å²) >= 11 is 0. The number of rotatable bonds is 8. The fourth-order valence-corrected chi connectivity index (χ4v) is 6.82. The number of carbonyl (C=O) groups excluding carboxylic acids is 2. The molecule has 5 heterocycles. The van der Waals surface area contributed by atoms with Gasteiger partial charge < -0.3 is 15.4 Å². The third kappa shape index (κ3) is 6.98. The van der Waals surface area contributed by atoms with Crippen LogP contribution >= 0.6 is 0 Å². The Balaban J connectivity index is 1.39. The number of carbonyl (C=O) groups is 2. The highest BCUT2D eigenvalue weighted by molar-refractivity contribution is 5.92. The van der Waals surface area contributed by atoms with E-state index in [4.69, 9.17) is 4.74 Å². The summed E-state index contributed by atoms with van der Waals surface area (Å²) in [6, 6.07) is 0.605. The zero-order valence-corrected chi connectivity index (χ0v) is 26.0. The summed E-state index contributed by atoms with van der Waals surface area (Å²) in [4.78, 5) is 35.0. The molecular weight excluding hydrogens is 653 g/mol. The highest BCUT2D eigenvalue weighted by Crippen LogP contribution is 2.43. The maximum atomic E-state index is 15.3. The summed E-state index contributed by atoms with van der Waals surface area (Å²) in [5.41, 5.74) is 0.0458. The monoisotopic (exact) mass is 688 g/mol. The van der Waals surface area contributed by atoms with Crippen LogP contribution in [0.4, 0.5) is 30.7 Å². The average Bonchev–Trinajstić information content (AvgIpc) is 3.67. The molecule has 11 nitrogen and oxygen atoms in total. The number of halogens is 7. The Hall–Kier alpha value is -3.83. The summed E-state index contributed by atoms with van der Waals surface area (Å²) in [7, 11) is 0. The SMILES string of the molecule is CCn1nccc1C(=O)N[C@H](c1cn2nc(C[C@H]3C[C@@H](C(F)(F)F)CNC3=O)c([C@H]3COCCC3(F)F)nc2n1)C1CCC(F)(F)CC1. The Morgan fingerprint density at radius 1 is 1.17 bits per heavy atom. The summed E-state index contributed by atoms with van der Waals surface area (Å²) in [6.07, 6.45) is -4.04. The molecule has 48 heavy (non-hydrogen) atoms. The van der Waals surface area contributed by atoms with Crippen molar-refractivity contribution >= 4 is 17.6 Å². The lowest BCUT2D eigenvalue weighted by molar-refractivity contribution is -0.183. The Bertz CT molecular complexity index is 1650. The highest BCUT2D eigenvalue weighted by Gasteiger charge is 2.48. The molecule has 0 aromatic carbocycles. The summed E-state index contributed by atoms with van der Waals surface area (Å²) in [6.45, 7) is 0.941. The third-order valence-electron chi connectivity index (χ3n) is 9.59. The van der Waals surface area contributed by atoms with Gasteiger partial charge >= 0.3 is 6.18 Å². The molecule has 262 valence electrons. The summed E-state index contributed by atoms with van der Waals surface area (Å²) < 4.78 is 107. The number of imidazole rings is 1. The highest BCUT2D eigenvalue weighted by atomic mass is 19.4. The van der Waals surface area contributed by atoms with Gasteiger partial charge in [0.15, 0.2) is 0 Å². The Morgan fingerprint density at radius 2 is 1.92 bits per heavy atom. The number of nitrogens with one attached hydrogen (secondary N) is 2. The van der Waals surface area contributed by atoms with Crippen molar-refractivity contribution in [2.75, 3.05) is 19.8 Å². The standard InChI is InChI=1S/C30H35F7N8O3/c1-2-44-22(5-9-39-44)26(47)41-23(16-3-6-28(31,32)7-4-16)21-14-45-27(40-21)42-24(19-15-48-10-8-29(19,33)34)20(43-45)12-17-11-18(30(35,36)37)13-38-25(17)46/h5,9,14,16-19,23H,2-4,6-8,10-13,15H2,1H3,(H,38,46)(H,41,47)/t17-,18-,19-,23+/m1/s1. The fourth-order valence-electron chi connectivity index (χ4n) is 6.82. The van der Waals surface area contributed by atoms with E-state index in [-0.39, 0.29) is 48.0 Å². The average molecular weight is 689 g/mol. The van der Waals surface area contributed by atoms with Gasteiger partial charge in [-0.1, -0.05) is 0 Å². The van der Waals surface area contributed by atoms with Crippen LogP contribution in [0.25, 0.3) is 5.78 Å². The largest absolute Gasteiger partial charge is 0.393 e. The van der Waals surface area contributed by atoms with Crippen LogP contribution in [0.15, 0.2) is 18.5 Å². The van der Waals surface area contributed by atoms with Crippen LogP contribution in [0.2, 0.25) is 0 Å². The molecule has 4 atom stereocenters. The van der Waals surface area contributed by atoms with Gasteiger partial charge in [0.05, 0.1) is 54.4 Å². The molecule has 2 aliphatic heterocycles.